The highest BCUT2D eigenvalue weighted by atomic mass is 16.5. The molecule has 0 saturated carbocycles. The lowest BCUT2D eigenvalue weighted by Gasteiger charge is -2.14. The van der Waals surface area contributed by atoms with Gasteiger partial charge in [0.05, 0.1) is 20.1 Å². The fraction of sp³-hybridized carbons (Fsp3) is 0.333. The lowest BCUT2D eigenvalue weighted by molar-refractivity contribution is -0.138. The van der Waals surface area contributed by atoms with E-state index < -0.39 is 11.9 Å². The molecule has 6 nitrogen and oxygen atoms in total. The van der Waals surface area contributed by atoms with Crippen LogP contribution >= 0.6 is 0 Å². The largest absolute Gasteiger partial charge is 0.497 e. The van der Waals surface area contributed by atoms with Gasteiger partial charge in [-0.2, -0.15) is 0 Å². The maximum atomic E-state index is 12.1. The van der Waals surface area contributed by atoms with Gasteiger partial charge in [-0.25, -0.2) is 0 Å². The number of aryl methyl sites for hydroxylation is 1. The predicted molar refractivity (Wildman–Crippen MR) is 102 cm³/mol. The molecular formula is C21H25NO5. The van der Waals surface area contributed by atoms with E-state index in [1.807, 2.05) is 24.3 Å². The van der Waals surface area contributed by atoms with Crippen molar-refractivity contribution < 1.29 is 24.2 Å². The predicted octanol–water partition coefficient (Wildman–Crippen LogP) is 3.01. The van der Waals surface area contributed by atoms with Crippen molar-refractivity contribution >= 4 is 11.9 Å². The number of benzene rings is 2. The molecule has 2 aromatic carbocycles. The number of hydrogen-bond acceptors (Lipinski definition) is 4. The van der Waals surface area contributed by atoms with Gasteiger partial charge in [0.15, 0.2) is 0 Å². The molecule has 0 bridgehead atoms. The monoisotopic (exact) mass is 371 g/mol. The summed E-state index contributed by atoms with van der Waals surface area (Å²) in [6.07, 6.45) is 1.63. The zero-order chi connectivity index (χ0) is 19.6. The maximum Gasteiger partial charge on any atom is 0.312 e. The molecule has 0 aromatic heterocycles. The molecule has 2 aromatic rings. The summed E-state index contributed by atoms with van der Waals surface area (Å²) in [4.78, 5) is 23.6. The molecule has 2 N–H and O–H groups in total. The molecule has 0 radical (unpaired) electrons. The number of carbonyl (C=O) groups excluding carboxylic acids is 1. The number of carbonyl (C=O) groups is 2. The Hall–Kier alpha value is -3.02. The third-order valence-corrected chi connectivity index (χ3v) is 4.35. The van der Waals surface area contributed by atoms with Gasteiger partial charge in [0.2, 0.25) is 5.91 Å². The number of ether oxygens (including phenoxy) is 2. The minimum Gasteiger partial charge on any atom is -0.497 e. The molecule has 0 aliphatic carbocycles. The molecule has 0 saturated heterocycles. The number of nitrogens with one attached hydrogen (secondary N) is 1. The maximum absolute atomic E-state index is 12.1. The normalized spacial score (nSPS) is 11.5. The average Bonchev–Trinajstić information content (AvgIpc) is 2.68. The summed E-state index contributed by atoms with van der Waals surface area (Å²) in [5.74, 6) is -0.426. The summed E-state index contributed by atoms with van der Waals surface area (Å²) < 4.78 is 10.5. The minimum absolute atomic E-state index is 0.0734. The second kappa shape index (κ2) is 10.2. The average molecular weight is 371 g/mol. The second-order valence-electron chi connectivity index (χ2n) is 6.14. The highest BCUT2D eigenvalue weighted by Gasteiger charge is 2.20. The van der Waals surface area contributed by atoms with E-state index in [4.69, 9.17) is 9.47 Å². The van der Waals surface area contributed by atoms with Crippen LogP contribution in [-0.2, 0) is 16.0 Å². The minimum atomic E-state index is -0.954. The van der Waals surface area contributed by atoms with Gasteiger partial charge in [-0.15, -0.1) is 0 Å². The van der Waals surface area contributed by atoms with Gasteiger partial charge in [0.1, 0.15) is 11.5 Å². The fourth-order valence-electron chi connectivity index (χ4n) is 2.84. The summed E-state index contributed by atoms with van der Waals surface area (Å²) in [5, 5.41) is 12.1. The first-order chi connectivity index (χ1) is 13.0. The van der Waals surface area contributed by atoms with E-state index >= 15 is 0 Å². The van der Waals surface area contributed by atoms with E-state index in [1.165, 1.54) is 0 Å². The van der Waals surface area contributed by atoms with Crippen LogP contribution < -0.4 is 14.8 Å². The summed E-state index contributed by atoms with van der Waals surface area (Å²) >= 11 is 0. The van der Waals surface area contributed by atoms with Crippen molar-refractivity contribution in [3.63, 3.8) is 0 Å². The Morgan fingerprint density at radius 2 is 1.81 bits per heavy atom. The van der Waals surface area contributed by atoms with Gasteiger partial charge in [-0.05, 0) is 30.0 Å². The Morgan fingerprint density at radius 1 is 1.07 bits per heavy atom. The van der Waals surface area contributed by atoms with E-state index in [2.05, 4.69) is 5.32 Å². The molecule has 0 fully saturated rings. The summed E-state index contributed by atoms with van der Waals surface area (Å²) in [7, 11) is 3.19. The third kappa shape index (κ3) is 6.02. The number of methoxy groups -OCH3 is 2. The van der Waals surface area contributed by atoms with Crippen molar-refractivity contribution in [2.75, 3.05) is 20.8 Å². The van der Waals surface area contributed by atoms with E-state index in [0.717, 1.165) is 11.3 Å². The lowest BCUT2D eigenvalue weighted by Crippen LogP contribution is -2.31. The molecule has 6 heteroatoms. The van der Waals surface area contributed by atoms with Crippen LogP contribution in [0.25, 0.3) is 0 Å². The quantitative estimate of drug-likeness (QED) is 0.671. The SMILES string of the molecule is COc1ccc(CCCC(=O)NCC(C(=O)O)c2ccccc2)c(OC)c1. The molecule has 0 aliphatic heterocycles. The molecule has 2 rings (SSSR count). The van der Waals surface area contributed by atoms with Crippen LogP contribution in [0.2, 0.25) is 0 Å². The summed E-state index contributed by atoms with van der Waals surface area (Å²) in [6, 6.07) is 14.5. The van der Waals surface area contributed by atoms with Crippen molar-refractivity contribution in [3.05, 3.63) is 59.7 Å². The number of hydrogen-bond donors (Lipinski definition) is 2. The van der Waals surface area contributed by atoms with E-state index in [0.29, 0.717) is 30.6 Å². The third-order valence-electron chi connectivity index (χ3n) is 4.35. The molecule has 144 valence electrons. The number of rotatable bonds is 10. The molecule has 1 amide bonds. The summed E-state index contributed by atoms with van der Waals surface area (Å²) in [5.41, 5.74) is 1.67. The van der Waals surface area contributed by atoms with E-state index in [9.17, 15) is 14.7 Å². The van der Waals surface area contributed by atoms with Crippen molar-refractivity contribution in [2.45, 2.75) is 25.2 Å². The van der Waals surface area contributed by atoms with Crippen molar-refractivity contribution in [1.29, 1.82) is 0 Å². The highest BCUT2D eigenvalue weighted by molar-refractivity contribution is 5.79. The molecule has 1 unspecified atom stereocenters. The fourth-order valence-corrected chi connectivity index (χ4v) is 2.84. The Bertz CT molecular complexity index is 760. The Kier molecular flexibility index (Phi) is 7.67. The molecule has 0 aliphatic rings. The van der Waals surface area contributed by atoms with E-state index in [-0.39, 0.29) is 12.5 Å². The zero-order valence-corrected chi connectivity index (χ0v) is 15.6. The topological polar surface area (TPSA) is 84.9 Å². The van der Waals surface area contributed by atoms with Crippen LogP contribution in [0.15, 0.2) is 48.5 Å². The lowest BCUT2D eigenvalue weighted by atomic mass is 9.99. The Balaban J connectivity index is 1.83. The van der Waals surface area contributed by atoms with Crippen LogP contribution in [0.4, 0.5) is 0 Å². The first kappa shape index (κ1) is 20.3. The van der Waals surface area contributed by atoms with Gasteiger partial charge in [-0.1, -0.05) is 36.4 Å². The Labute approximate surface area is 159 Å². The second-order valence-corrected chi connectivity index (χ2v) is 6.14. The van der Waals surface area contributed by atoms with Crippen LogP contribution in [0.1, 0.15) is 29.9 Å². The van der Waals surface area contributed by atoms with Gasteiger partial charge in [0.25, 0.3) is 0 Å². The zero-order valence-electron chi connectivity index (χ0n) is 15.6. The van der Waals surface area contributed by atoms with Gasteiger partial charge in [-0.3, -0.25) is 9.59 Å². The first-order valence-corrected chi connectivity index (χ1v) is 8.80. The van der Waals surface area contributed by atoms with Gasteiger partial charge >= 0.3 is 5.97 Å². The number of carboxylic acid groups (broad SMARTS) is 1. The number of carboxylic acids is 1. The van der Waals surface area contributed by atoms with Gasteiger partial charge < -0.3 is 19.9 Å². The molecular weight excluding hydrogens is 346 g/mol. The number of aliphatic carboxylic acids is 1. The molecule has 27 heavy (non-hydrogen) atoms. The number of amides is 1. The Morgan fingerprint density at radius 3 is 2.44 bits per heavy atom. The van der Waals surface area contributed by atoms with E-state index in [1.54, 1.807) is 38.5 Å². The highest BCUT2D eigenvalue weighted by Crippen LogP contribution is 2.25. The van der Waals surface area contributed by atoms with Crippen LogP contribution in [0, 0.1) is 0 Å². The molecule has 0 heterocycles. The van der Waals surface area contributed by atoms with Crippen LogP contribution in [-0.4, -0.2) is 37.7 Å². The molecule has 1 atom stereocenters. The first-order valence-electron chi connectivity index (χ1n) is 8.80. The van der Waals surface area contributed by atoms with Gasteiger partial charge in [0, 0.05) is 19.0 Å². The van der Waals surface area contributed by atoms with Crippen molar-refractivity contribution in [3.8, 4) is 11.5 Å². The van der Waals surface area contributed by atoms with Crippen LogP contribution in [0.3, 0.4) is 0 Å². The van der Waals surface area contributed by atoms with Crippen molar-refractivity contribution in [2.24, 2.45) is 0 Å². The smallest absolute Gasteiger partial charge is 0.312 e. The summed E-state index contributed by atoms with van der Waals surface area (Å²) in [6.45, 7) is 0.0734. The molecule has 0 spiro atoms. The van der Waals surface area contributed by atoms with Crippen LogP contribution in [0.5, 0.6) is 11.5 Å². The standard InChI is InChI=1S/C21H25NO5/c1-26-17-12-11-16(19(13-17)27-2)9-6-10-20(23)22-14-18(21(24)25)15-7-4-3-5-8-15/h3-5,7-8,11-13,18H,6,9-10,14H2,1-2H3,(H,22,23)(H,24,25). The van der Waals surface area contributed by atoms with Crippen molar-refractivity contribution in [1.82, 2.24) is 5.32 Å².